The monoisotopic (exact) mass is 359 g/mol. The lowest BCUT2D eigenvalue weighted by molar-refractivity contribution is 0.0528. The molecule has 0 fully saturated rings. The van der Waals surface area contributed by atoms with Gasteiger partial charge in [-0.3, -0.25) is 0 Å². The molecule has 0 saturated carbocycles. The first-order valence-electron chi connectivity index (χ1n) is 7.28. The molecule has 3 aromatic rings. The summed E-state index contributed by atoms with van der Waals surface area (Å²) in [5, 5.41) is 12.6. The second-order valence-corrected chi connectivity index (χ2v) is 5.36. The van der Waals surface area contributed by atoms with Crippen molar-refractivity contribution >= 4 is 40.6 Å². The maximum absolute atomic E-state index is 11.9. The van der Waals surface area contributed by atoms with E-state index in [1.165, 1.54) is 10.7 Å². The number of aliphatic imine (C=N–C) groups is 1. The number of amidine groups is 1. The largest absolute Gasteiger partial charge is 0.462 e. The first-order chi connectivity index (χ1) is 12.0. The molecule has 25 heavy (non-hydrogen) atoms. The molecule has 1 aromatic carbocycles. The molecule has 0 unspecified atom stereocenters. The van der Waals surface area contributed by atoms with Gasteiger partial charge >= 0.3 is 5.97 Å². The molecule has 4 N–H and O–H groups in total. The van der Waals surface area contributed by atoms with Crippen LogP contribution in [0.2, 0.25) is 5.02 Å². The number of carbonyl (C=O) groups is 1. The summed E-state index contributed by atoms with van der Waals surface area (Å²) in [6, 6.07) is 6.77. The van der Waals surface area contributed by atoms with Crippen LogP contribution in [-0.4, -0.2) is 38.2 Å². The van der Waals surface area contributed by atoms with Crippen LogP contribution in [0.4, 0.5) is 11.5 Å². The van der Waals surface area contributed by atoms with Crippen LogP contribution in [-0.2, 0) is 4.74 Å². The number of benzene rings is 1. The zero-order chi connectivity index (χ0) is 18.0. The number of nitrogens with zero attached hydrogens (tertiary/aromatic N) is 5. The van der Waals surface area contributed by atoms with Crippen molar-refractivity contribution in [1.29, 1.82) is 0 Å². The van der Waals surface area contributed by atoms with Crippen LogP contribution in [0.25, 0.3) is 5.65 Å². The minimum absolute atomic E-state index is 0.0578. The number of anilines is 1. The Labute approximate surface area is 147 Å². The van der Waals surface area contributed by atoms with Crippen LogP contribution < -0.4 is 11.5 Å². The molecule has 0 aliphatic carbocycles. The molecular formula is C15H14ClN7O2. The van der Waals surface area contributed by atoms with Crippen molar-refractivity contribution in [3.8, 4) is 0 Å². The zero-order valence-electron chi connectivity index (χ0n) is 13.2. The molecule has 0 aliphatic heterocycles. The summed E-state index contributed by atoms with van der Waals surface area (Å²) in [7, 11) is 0. The Hall–Kier alpha value is -3.20. The normalized spacial score (nSPS) is 11.7. The maximum Gasteiger partial charge on any atom is 0.343 e. The smallest absolute Gasteiger partial charge is 0.343 e. The number of ether oxygens (including phenoxy) is 1. The van der Waals surface area contributed by atoms with Crippen molar-refractivity contribution in [3.63, 3.8) is 0 Å². The predicted molar refractivity (Wildman–Crippen MR) is 93.0 cm³/mol. The molecule has 9 nitrogen and oxygen atoms in total. The molecular weight excluding hydrogens is 346 g/mol. The molecule has 3 rings (SSSR count). The van der Waals surface area contributed by atoms with Gasteiger partial charge in [0.25, 0.3) is 0 Å². The third kappa shape index (κ3) is 3.22. The van der Waals surface area contributed by atoms with Gasteiger partial charge in [0.05, 0.1) is 18.5 Å². The van der Waals surface area contributed by atoms with E-state index in [2.05, 4.69) is 20.3 Å². The molecule has 0 spiro atoms. The molecule has 10 heteroatoms. The average Bonchev–Trinajstić information content (AvgIpc) is 3.02. The molecule has 0 atom stereocenters. The highest BCUT2D eigenvalue weighted by atomic mass is 35.5. The zero-order valence-corrected chi connectivity index (χ0v) is 13.9. The Morgan fingerprint density at radius 1 is 1.32 bits per heavy atom. The van der Waals surface area contributed by atoms with Crippen LogP contribution in [0, 0.1) is 0 Å². The van der Waals surface area contributed by atoms with Crippen LogP contribution in [0.15, 0.2) is 35.5 Å². The minimum Gasteiger partial charge on any atom is -0.462 e. The molecule has 0 bridgehead atoms. The van der Waals surface area contributed by atoms with Crippen LogP contribution >= 0.6 is 11.6 Å². The highest BCUT2D eigenvalue weighted by Gasteiger charge is 2.19. The van der Waals surface area contributed by atoms with Gasteiger partial charge in [-0.05, 0) is 31.2 Å². The highest BCUT2D eigenvalue weighted by molar-refractivity contribution is 6.30. The summed E-state index contributed by atoms with van der Waals surface area (Å²) >= 11 is 5.83. The van der Waals surface area contributed by atoms with E-state index in [1.54, 1.807) is 31.2 Å². The number of nitrogens with two attached hydrogens (primary N) is 2. The van der Waals surface area contributed by atoms with Crippen molar-refractivity contribution in [1.82, 2.24) is 19.8 Å². The second kappa shape index (κ2) is 6.73. The summed E-state index contributed by atoms with van der Waals surface area (Å²) < 4.78 is 6.20. The molecule has 0 radical (unpaired) electrons. The van der Waals surface area contributed by atoms with Gasteiger partial charge in [0, 0.05) is 5.02 Å². The van der Waals surface area contributed by atoms with Gasteiger partial charge in [0.15, 0.2) is 23.0 Å². The Morgan fingerprint density at radius 3 is 2.72 bits per heavy atom. The van der Waals surface area contributed by atoms with Gasteiger partial charge in [-0.15, -0.1) is 10.2 Å². The predicted octanol–water partition coefficient (Wildman–Crippen LogP) is 1.57. The number of esters is 1. The summed E-state index contributed by atoms with van der Waals surface area (Å²) in [6.45, 7) is 1.94. The molecule has 2 heterocycles. The highest BCUT2D eigenvalue weighted by Crippen LogP contribution is 2.19. The van der Waals surface area contributed by atoms with Gasteiger partial charge in [-0.25, -0.2) is 9.79 Å². The number of rotatable bonds is 4. The lowest BCUT2D eigenvalue weighted by Gasteiger charge is -2.06. The number of halogens is 1. The first-order valence-corrected chi connectivity index (χ1v) is 7.66. The maximum atomic E-state index is 11.9. The lowest BCUT2D eigenvalue weighted by Crippen LogP contribution is -2.20. The molecule has 0 amide bonds. The molecule has 128 valence electrons. The molecule has 2 aromatic heterocycles. The number of nitrogen functional groups attached to an aromatic ring is 1. The number of hydrogen-bond donors (Lipinski definition) is 2. The van der Waals surface area contributed by atoms with E-state index in [9.17, 15) is 4.79 Å². The summed E-state index contributed by atoms with van der Waals surface area (Å²) in [6.07, 6.45) is 1.31. The van der Waals surface area contributed by atoms with E-state index < -0.39 is 5.97 Å². The summed E-state index contributed by atoms with van der Waals surface area (Å²) in [5.74, 6) is -0.389. The van der Waals surface area contributed by atoms with Crippen molar-refractivity contribution in [2.45, 2.75) is 6.92 Å². The first kappa shape index (κ1) is 16.7. The fourth-order valence-electron chi connectivity index (χ4n) is 2.11. The van der Waals surface area contributed by atoms with Crippen LogP contribution in [0.1, 0.15) is 23.0 Å². The average molecular weight is 360 g/mol. The van der Waals surface area contributed by atoms with Gasteiger partial charge in [-0.1, -0.05) is 11.6 Å². The second-order valence-electron chi connectivity index (χ2n) is 4.92. The number of fused-ring (bicyclic) bond motifs is 1. The fraction of sp³-hybridized carbons (Fsp3) is 0.133. The number of carbonyl (C=O) groups excluding carboxylic acids is 1. The van der Waals surface area contributed by atoms with E-state index in [-0.39, 0.29) is 35.2 Å². The van der Waals surface area contributed by atoms with E-state index in [1.807, 2.05) is 0 Å². The molecule has 0 saturated heterocycles. The standard InChI is InChI=1S/C15H14ClN7O2/c1-2-25-15(24)10-7-19-23-13(18)11(21-22-14(10)23)12(17)20-9-5-3-8(16)4-6-9/h3-7H,2,18H2,1H3,(H2,17,20). The van der Waals surface area contributed by atoms with Crippen molar-refractivity contribution in [2.75, 3.05) is 12.3 Å². The third-order valence-electron chi connectivity index (χ3n) is 3.27. The van der Waals surface area contributed by atoms with E-state index in [4.69, 9.17) is 27.8 Å². The van der Waals surface area contributed by atoms with E-state index in [0.717, 1.165) is 0 Å². The van der Waals surface area contributed by atoms with Crippen LogP contribution in [0.3, 0.4) is 0 Å². The fourth-order valence-corrected chi connectivity index (χ4v) is 2.23. The third-order valence-corrected chi connectivity index (χ3v) is 3.53. The van der Waals surface area contributed by atoms with Crippen molar-refractivity contribution in [2.24, 2.45) is 10.7 Å². The van der Waals surface area contributed by atoms with Crippen molar-refractivity contribution < 1.29 is 9.53 Å². The number of hydrogen-bond acceptors (Lipinski definition) is 7. The topological polar surface area (TPSA) is 134 Å². The van der Waals surface area contributed by atoms with E-state index in [0.29, 0.717) is 10.7 Å². The van der Waals surface area contributed by atoms with Gasteiger partial charge in [0.1, 0.15) is 5.56 Å². The Kier molecular flexibility index (Phi) is 4.48. The van der Waals surface area contributed by atoms with Gasteiger partial charge in [0.2, 0.25) is 0 Å². The summed E-state index contributed by atoms with van der Waals surface area (Å²) in [4.78, 5) is 16.1. The Balaban J connectivity index is 2.02. The lowest BCUT2D eigenvalue weighted by atomic mass is 10.3. The quantitative estimate of drug-likeness (QED) is 0.410. The molecule has 0 aliphatic rings. The summed E-state index contributed by atoms with van der Waals surface area (Å²) in [5.41, 5.74) is 13.1. The van der Waals surface area contributed by atoms with Crippen LogP contribution in [0.5, 0.6) is 0 Å². The van der Waals surface area contributed by atoms with Crippen molar-refractivity contribution in [3.05, 3.63) is 46.7 Å². The Bertz CT molecular complexity index is 966. The van der Waals surface area contributed by atoms with Gasteiger partial charge in [-0.2, -0.15) is 9.61 Å². The van der Waals surface area contributed by atoms with Gasteiger partial charge < -0.3 is 16.2 Å². The minimum atomic E-state index is -0.554. The number of aromatic nitrogens is 4. The van der Waals surface area contributed by atoms with E-state index >= 15 is 0 Å². The SMILES string of the molecule is CCOC(=O)c1cnn2c(N)c(C(N)=Nc3ccc(Cl)cc3)nnc12. The Morgan fingerprint density at radius 2 is 2.04 bits per heavy atom.